The summed E-state index contributed by atoms with van der Waals surface area (Å²) in [5.74, 6) is 0. The van der Waals surface area contributed by atoms with Gasteiger partial charge >= 0.3 is 0 Å². The number of rotatable bonds is 5. The van der Waals surface area contributed by atoms with E-state index in [0.29, 0.717) is 6.73 Å². The monoisotopic (exact) mass is 249 g/mol. The Balaban J connectivity index is 2.77. The summed E-state index contributed by atoms with van der Waals surface area (Å²) in [7, 11) is 1.71. The molecular formula is C16H27NO. The molecule has 0 fully saturated rings. The Morgan fingerprint density at radius 3 is 1.89 bits per heavy atom. The van der Waals surface area contributed by atoms with E-state index in [9.17, 15) is 0 Å². The second-order valence-electron chi connectivity index (χ2n) is 6.57. The van der Waals surface area contributed by atoms with E-state index < -0.39 is 0 Å². The molecule has 1 N–H and O–H groups in total. The van der Waals surface area contributed by atoms with Crippen LogP contribution in [0.1, 0.15) is 45.7 Å². The van der Waals surface area contributed by atoms with Gasteiger partial charge in [0, 0.05) is 19.1 Å². The number of hydrogen-bond donors (Lipinski definition) is 1. The van der Waals surface area contributed by atoms with Crippen molar-refractivity contribution >= 4 is 0 Å². The van der Waals surface area contributed by atoms with Crippen LogP contribution in [0.2, 0.25) is 0 Å². The Bertz CT molecular complexity index is 360. The first-order valence-corrected chi connectivity index (χ1v) is 6.58. The number of methoxy groups -OCH3 is 1. The molecule has 1 rings (SSSR count). The second-order valence-corrected chi connectivity index (χ2v) is 6.57. The van der Waals surface area contributed by atoms with E-state index in [2.05, 4.69) is 64.2 Å². The molecule has 18 heavy (non-hydrogen) atoms. The van der Waals surface area contributed by atoms with Gasteiger partial charge in [0.2, 0.25) is 0 Å². The minimum absolute atomic E-state index is 0.120. The quantitative estimate of drug-likeness (QED) is 0.637. The number of nitrogens with one attached hydrogen (secondary N) is 1. The van der Waals surface area contributed by atoms with E-state index in [4.69, 9.17) is 4.74 Å². The van der Waals surface area contributed by atoms with Gasteiger partial charge in [0.1, 0.15) is 0 Å². The largest absolute Gasteiger partial charge is 0.370 e. The van der Waals surface area contributed by atoms with Crippen LogP contribution in [0.4, 0.5) is 0 Å². The summed E-state index contributed by atoms with van der Waals surface area (Å²) < 4.78 is 5.03. The highest BCUT2D eigenvalue weighted by molar-refractivity contribution is 5.31. The molecule has 0 amide bonds. The Morgan fingerprint density at radius 1 is 0.944 bits per heavy atom. The predicted octanol–water partition coefficient (Wildman–Crippen LogP) is 3.46. The molecule has 0 spiro atoms. The molecule has 0 aliphatic carbocycles. The number of benzene rings is 1. The molecule has 0 aliphatic rings. The van der Waals surface area contributed by atoms with Crippen LogP contribution in [-0.2, 0) is 15.6 Å². The number of hydrogen-bond acceptors (Lipinski definition) is 2. The highest BCUT2D eigenvalue weighted by atomic mass is 16.5. The molecular weight excluding hydrogens is 222 g/mol. The first-order valence-electron chi connectivity index (χ1n) is 6.58. The van der Waals surface area contributed by atoms with Crippen molar-refractivity contribution in [2.75, 3.05) is 20.4 Å². The summed E-state index contributed by atoms with van der Waals surface area (Å²) in [6.07, 6.45) is 0. The van der Waals surface area contributed by atoms with Crippen molar-refractivity contribution < 1.29 is 4.74 Å². The van der Waals surface area contributed by atoms with E-state index in [1.54, 1.807) is 7.11 Å². The molecule has 0 aliphatic heterocycles. The molecule has 102 valence electrons. The van der Waals surface area contributed by atoms with Gasteiger partial charge in [0.15, 0.2) is 0 Å². The zero-order valence-corrected chi connectivity index (χ0v) is 12.6. The highest BCUT2D eigenvalue weighted by Gasteiger charge is 2.21. The van der Waals surface area contributed by atoms with Gasteiger partial charge in [0.05, 0.1) is 6.73 Å². The van der Waals surface area contributed by atoms with E-state index in [1.165, 1.54) is 11.1 Å². The lowest BCUT2D eigenvalue weighted by Gasteiger charge is -2.27. The van der Waals surface area contributed by atoms with Crippen molar-refractivity contribution in [3.8, 4) is 0 Å². The lowest BCUT2D eigenvalue weighted by Crippen LogP contribution is -2.34. The van der Waals surface area contributed by atoms with Crippen molar-refractivity contribution in [3.05, 3.63) is 35.4 Å². The maximum Gasteiger partial charge on any atom is 0.0961 e. The Morgan fingerprint density at radius 2 is 1.44 bits per heavy atom. The summed E-state index contributed by atoms with van der Waals surface area (Å²) in [6, 6.07) is 8.98. The summed E-state index contributed by atoms with van der Waals surface area (Å²) >= 11 is 0. The van der Waals surface area contributed by atoms with Crippen LogP contribution in [-0.4, -0.2) is 20.4 Å². The molecule has 1 aromatic rings. The van der Waals surface area contributed by atoms with E-state index in [1.807, 2.05) is 0 Å². The zero-order valence-electron chi connectivity index (χ0n) is 12.6. The van der Waals surface area contributed by atoms with E-state index >= 15 is 0 Å². The SMILES string of the molecule is COCNCC(C)(C)c1ccc(C(C)(C)C)cc1. The molecule has 0 atom stereocenters. The lowest BCUT2D eigenvalue weighted by atomic mass is 9.81. The standard InChI is InChI=1S/C16H27NO/c1-15(2,3)13-7-9-14(10-8-13)16(4,5)11-17-12-18-6/h7-10,17H,11-12H2,1-6H3. The third kappa shape index (κ3) is 4.11. The third-order valence-electron chi connectivity index (χ3n) is 3.35. The Labute approximate surface area is 112 Å². The van der Waals surface area contributed by atoms with Gasteiger partial charge in [-0.2, -0.15) is 0 Å². The molecule has 2 nitrogen and oxygen atoms in total. The first kappa shape index (κ1) is 15.2. The van der Waals surface area contributed by atoms with Crippen LogP contribution in [0.5, 0.6) is 0 Å². The minimum atomic E-state index is 0.120. The fourth-order valence-electron chi connectivity index (χ4n) is 1.99. The van der Waals surface area contributed by atoms with Crippen LogP contribution in [0.3, 0.4) is 0 Å². The first-order chi connectivity index (χ1) is 8.27. The molecule has 0 unspecified atom stereocenters. The van der Waals surface area contributed by atoms with E-state index in [-0.39, 0.29) is 10.8 Å². The van der Waals surface area contributed by atoms with E-state index in [0.717, 1.165) is 6.54 Å². The Hall–Kier alpha value is -0.860. The molecule has 2 heteroatoms. The van der Waals surface area contributed by atoms with Gasteiger partial charge in [-0.15, -0.1) is 0 Å². The van der Waals surface area contributed by atoms with Crippen LogP contribution < -0.4 is 5.32 Å². The van der Waals surface area contributed by atoms with Gasteiger partial charge in [-0.25, -0.2) is 0 Å². The average molecular weight is 249 g/mol. The van der Waals surface area contributed by atoms with Crippen LogP contribution in [0.25, 0.3) is 0 Å². The molecule has 0 heterocycles. The molecule has 1 aromatic carbocycles. The van der Waals surface area contributed by atoms with Crippen LogP contribution >= 0.6 is 0 Å². The molecule has 0 radical (unpaired) electrons. The molecule has 0 saturated carbocycles. The highest BCUT2D eigenvalue weighted by Crippen LogP contribution is 2.27. The normalized spacial score (nSPS) is 12.8. The van der Waals surface area contributed by atoms with Gasteiger partial charge in [-0.05, 0) is 16.5 Å². The summed E-state index contributed by atoms with van der Waals surface area (Å²) in [4.78, 5) is 0. The fraction of sp³-hybridized carbons (Fsp3) is 0.625. The summed E-state index contributed by atoms with van der Waals surface area (Å²) in [5, 5.41) is 3.30. The fourth-order valence-corrected chi connectivity index (χ4v) is 1.99. The average Bonchev–Trinajstić information content (AvgIpc) is 2.28. The third-order valence-corrected chi connectivity index (χ3v) is 3.35. The van der Waals surface area contributed by atoms with Gasteiger partial charge < -0.3 is 4.74 Å². The van der Waals surface area contributed by atoms with Crippen molar-refractivity contribution in [2.24, 2.45) is 0 Å². The smallest absolute Gasteiger partial charge is 0.0961 e. The maximum absolute atomic E-state index is 5.03. The summed E-state index contributed by atoms with van der Waals surface area (Å²) in [6.45, 7) is 12.7. The summed E-state index contributed by atoms with van der Waals surface area (Å²) in [5.41, 5.74) is 3.08. The number of ether oxygens (including phenoxy) is 1. The lowest BCUT2D eigenvalue weighted by molar-refractivity contribution is 0.169. The second kappa shape index (κ2) is 5.85. The van der Waals surface area contributed by atoms with Crippen molar-refractivity contribution in [2.45, 2.75) is 45.4 Å². The predicted molar refractivity (Wildman–Crippen MR) is 78.0 cm³/mol. The molecule has 0 saturated heterocycles. The minimum Gasteiger partial charge on any atom is -0.370 e. The van der Waals surface area contributed by atoms with Crippen LogP contribution in [0.15, 0.2) is 24.3 Å². The molecule has 0 aromatic heterocycles. The van der Waals surface area contributed by atoms with Crippen molar-refractivity contribution in [1.82, 2.24) is 5.32 Å². The van der Waals surface area contributed by atoms with Crippen molar-refractivity contribution in [3.63, 3.8) is 0 Å². The zero-order chi connectivity index (χ0) is 13.8. The maximum atomic E-state index is 5.03. The topological polar surface area (TPSA) is 21.3 Å². The van der Waals surface area contributed by atoms with Gasteiger partial charge in [-0.3, -0.25) is 5.32 Å². The van der Waals surface area contributed by atoms with Crippen LogP contribution in [0, 0.1) is 0 Å². The van der Waals surface area contributed by atoms with Gasteiger partial charge in [0.25, 0.3) is 0 Å². The Kier molecular flexibility index (Phi) is 4.94. The van der Waals surface area contributed by atoms with Crippen molar-refractivity contribution in [1.29, 1.82) is 0 Å². The van der Waals surface area contributed by atoms with Gasteiger partial charge in [-0.1, -0.05) is 58.9 Å². The molecule has 0 bridgehead atoms.